The summed E-state index contributed by atoms with van der Waals surface area (Å²) in [5, 5.41) is 0. The van der Waals surface area contributed by atoms with Gasteiger partial charge in [-0.25, -0.2) is 8.78 Å². The van der Waals surface area contributed by atoms with Crippen LogP contribution in [0.2, 0.25) is 0 Å². The quantitative estimate of drug-likeness (QED) is 0.192. The average Bonchev–Trinajstić information content (AvgIpc) is 2.95. The summed E-state index contributed by atoms with van der Waals surface area (Å²) in [6.45, 7) is 5.35. The molecule has 1 aliphatic carbocycles. The van der Waals surface area contributed by atoms with Crippen LogP contribution in [0.25, 0.3) is 0 Å². The van der Waals surface area contributed by atoms with Crippen LogP contribution < -0.4 is 5.46 Å². The maximum absolute atomic E-state index is 15.2. The molecule has 0 radical (unpaired) electrons. The molecule has 1 saturated carbocycles. The molecule has 4 rings (SSSR count). The second-order valence-corrected chi connectivity index (χ2v) is 11.7. The molecule has 2 aromatic carbocycles. The van der Waals surface area contributed by atoms with Crippen LogP contribution in [-0.2, 0) is 15.7 Å². The summed E-state index contributed by atoms with van der Waals surface area (Å²) in [5.41, 5.74) is 3.24. The molecule has 0 spiro atoms. The summed E-state index contributed by atoms with van der Waals surface area (Å²) >= 11 is 0. The predicted octanol–water partition coefficient (Wildman–Crippen LogP) is 8.86. The molecule has 0 unspecified atom stereocenters. The van der Waals surface area contributed by atoms with Crippen LogP contribution in [0.4, 0.5) is 8.78 Å². The molecule has 0 bridgehead atoms. The normalized spacial score (nSPS) is 20.7. The predicted molar refractivity (Wildman–Crippen MR) is 154 cm³/mol. The van der Waals surface area contributed by atoms with E-state index in [2.05, 4.69) is 38.1 Å². The molecule has 0 N–H and O–H groups in total. The highest BCUT2D eigenvalue weighted by molar-refractivity contribution is 6.61. The molecule has 1 heterocycles. The average molecular weight is 525 g/mol. The van der Waals surface area contributed by atoms with Gasteiger partial charge in [-0.05, 0) is 67.1 Å². The van der Waals surface area contributed by atoms with E-state index in [4.69, 9.17) is 9.31 Å². The zero-order chi connectivity index (χ0) is 26.7. The molecule has 2 nitrogen and oxygen atoms in total. The maximum Gasteiger partial charge on any atom is 0.497 e. The van der Waals surface area contributed by atoms with Crippen molar-refractivity contribution in [1.29, 1.82) is 0 Å². The Morgan fingerprint density at radius 2 is 1.37 bits per heavy atom. The molecule has 38 heavy (non-hydrogen) atoms. The smallest absolute Gasteiger partial charge is 0.406 e. The zero-order valence-corrected chi connectivity index (χ0v) is 23.7. The van der Waals surface area contributed by atoms with Crippen LogP contribution in [0.3, 0.4) is 0 Å². The van der Waals surface area contributed by atoms with Crippen molar-refractivity contribution in [3.05, 3.63) is 64.7 Å². The first-order chi connectivity index (χ1) is 18.6. The van der Waals surface area contributed by atoms with Crippen LogP contribution in [0, 0.1) is 17.6 Å². The van der Waals surface area contributed by atoms with E-state index in [1.165, 1.54) is 68.9 Å². The minimum atomic E-state index is -0.855. The number of hydrogen-bond donors (Lipinski definition) is 0. The fourth-order valence-corrected chi connectivity index (χ4v) is 6.29. The standard InChI is InChI=1S/C33H47BF2O2/c1-3-5-7-8-10-12-26-13-17-27(18-14-26)29-23-37-34(38-24-29)31-22-21-30(32(35)33(31)36)28-19-15-25(16-20-28)11-9-6-4-2/h13-14,17-18,21-22,25,28-29H,3-12,15-16,19-20,23-24H2,1-2H3. The molecule has 1 saturated heterocycles. The Morgan fingerprint density at radius 1 is 0.711 bits per heavy atom. The highest BCUT2D eigenvalue weighted by atomic mass is 19.2. The monoisotopic (exact) mass is 524 g/mol. The fraction of sp³-hybridized carbons (Fsp3) is 0.636. The highest BCUT2D eigenvalue weighted by Crippen LogP contribution is 2.39. The van der Waals surface area contributed by atoms with Gasteiger partial charge < -0.3 is 9.31 Å². The molecular weight excluding hydrogens is 477 g/mol. The second kappa shape index (κ2) is 15.2. The van der Waals surface area contributed by atoms with Crippen LogP contribution in [0.1, 0.15) is 126 Å². The van der Waals surface area contributed by atoms with E-state index in [9.17, 15) is 0 Å². The van der Waals surface area contributed by atoms with Gasteiger partial charge in [0.15, 0.2) is 11.6 Å². The Kier molecular flexibility index (Phi) is 11.7. The molecule has 208 valence electrons. The summed E-state index contributed by atoms with van der Waals surface area (Å²) in [7, 11) is -0.855. The number of unbranched alkanes of at least 4 members (excludes halogenated alkanes) is 6. The van der Waals surface area contributed by atoms with Crippen molar-refractivity contribution in [2.24, 2.45) is 5.92 Å². The largest absolute Gasteiger partial charge is 0.497 e. The van der Waals surface area contributed by atoms with Gasteiger partial charge >= 0.3 is 7.12 Å². The van der Waals surface area contributed by atoms with E-state index in [0.717, 1.165) is 38.0 Å². The highest BCUT2D eigenvalue weighted by Gasteiger charge is 2.35. The topological polar surface area (TPSA) is 18.5 Å². The Bertz CT molecular complexity index is 964. The van der Waals surface area contributed by atoms with Crippen LogP contribution in [-0.4, -0.2) is 20.3 Å². The van der Waals surface area contributed by atoms with Crippen molar-refractivity contribution >= 4 is 12.6 Å². The number of rotatable bonds is 13. The van der Waals surface area contributed by atoms with Gasteiger partial charge in [0.05, 0.1) is 0 Å². The molecule has 2 aliphatic rings. The van der Waals surface area contributed by atoms with Gasteiger partial charge in [-0.3, -0.25) is 0 Å². The fourth-order valence-electron chi connectivity index (χ4n) is 6.29. The van der Waals surface area contributed by atoms with Crippen molar-refractivity contribution in [1.82, 2.24) is 0 Å². The van der Waals surface area contributed by atoms with Gasteiger partial charge in [-0.1, -0.05) is 102 Å². The lowest BCUT2D eigenvalue weighted by Gasteiger charge is -2.30. The van der Waals surface area contributed by atoms with E-state index in [1.54, 1.807) is 12.1 Å². The third-order valence-corrected chi connectivity index (χ3v) is 8.82. The van der Waals surface area contributed by atoms with Crippen molar-refractivity contribution in [3.8, 4) is 0 Å². The molecule has 5 heteroatoms. The summed E-state index contributed by atoms with van der Waals surface area (Å²) < 4.78 is 42.2. The lowest BCUT2D eigenvalue weighted by atomic mass is 9.73. The van der Waals surface area contributed by atoms with Crippen molar-refractivity contribution in [2.45, 2.75) is 116 Å². The maximum atomic E-state index is 15.2. The van der Waals surface area contributed by atoms with Crippen LogP contribution >= 0.6 is 0 Å². The van der Waals surface area contributed by atoms with Crippen molar-refractivity contribution in [3.63, 3.8) is 0 Å². The Hall–Kier alpha value is -1.72. The van der Waals surface area contributed by atoms with E-state index >= 15 is 8.78 Å². The summed E-state index contributed by atoms with van der Waals surface area (Å²) in [4.78, 5) is 0. The minimum Gasteiger partial charge on any atom is -0.406 e. The van der Waals surface area contributed by atoms with Crippen molar-refractivity contribution < 1.29 is 18.1 Å². The van der Waals surface area contributed by atoms with Crippen molar-refractivity contribution in [2.75, 3.05) is 13.2 Å². The van der Waals surface area contributed by atoms with Gasteiger partial charge in [0.1, 0.15) is 0 Å². The summed E-state index contributed by atoms with van der Waals surface area (Å²) in [6, 6.07) is 12.2. The Balaban J connectivity index is 1.27. The Labute approximate surface area is 230 Å². The second-order valence-electron chi connectivity index (χ2n) is 11.7. The van der Waals surface area contributed by atoms with Gasteiger partial charge in [-0.2, -0.15) is 0 Å². The molecule has 1 aliphatic heterocycles. The first-order valence-corrected chi connectivity index (χ1v) is 15.4. The molecular formula is C33H47BF2O2. The van der Waals surface area contributed by atoms with Gasteiger partial charge in [0.2, 0.25) is 0 Å². The SMILES string of the molecule is CCCCCCCc1ccc(C2COB(c3ccc(C4CCC(CCCCC)CC4)c(F)c3F)OC2)cc1. The van der Waals surface area contributed by atoms with Crippen LogP contribution in [0.15, 0.2) is 36.4 Å². The van der Waals surface area contributed by atoms with E-state index < -0.39 is 18.8 Å². The number of halogens is 2. The lowest BCUT2D eigenvalue weighted by Crippen LogP contribution is -2.45. The third kappa shape index (κ3) is 7.91. The summed E-state index contributed by atoms with van der Waals surface area (Å²) in [6.07, 6.45) is 16.8. The Morgan fingerprint density at radius 3 is 2.05 bits per heavy atom. The molecule has 0 atom stereocenters. The van der Waals surface area contributed by atoms with Gasteiger partial charge in [-0.15, -0.1) is 0 Å². The summed E-state index contributed by atoms with van der Waals surface area (Å²) in [5.74, 6) is -0.563. The molecule has 2 fully saturated rings. The van der Waals surface area contributed by atoms with E-state index in [-0.39, 0.29) is 17.3 Å². The minimum absolute atomic E-state index is 0.101. The lowest BCUT2D eigenvalue weighted by molar-refractivity contribution is 0.120. The number of hydrogen-bond acceptors (Lipinski definition) is 2. The first kappa shape index (κ1) is 29.3. The number of aryl methyl sites for hydroxylation is 1. The molecule has 0 aromatic heterocycles. The number of benzene rings is 2. The van der Waals surface area contributed by atoms with Gasteiger partial charge in [0.25, 0.3) is 0 Å². The van der Waals surface area contributed by atoms with Crippen LogP contribution in [0.5, 0.6) is 0 Å². The first-order valence-electron chi connectivity index (χ1n) is 15.4. The zero-order valence-electron chi connectivity index (χ0n) is 23.7. The van der Waals surface area contributed by atoms with Gasteiger partial charge in [0, 0.05) is 24.6 Å². The third-order valence-electron chi connectivity index (χ3n) is 8.82. The molecule has 0 amide bonds. The van der Waals surface area contributed by atoms with E-state index in [1.807, 2.05) is 0 Å². The molecule has 2 aromatic rings. The van der Waals surface area contributed by atoms with E-state index in [0.29, 0.717) is 18.8 Å².